The van der Waals surface area contributed by atoms with Crippen LogP contribution in [0.25, 0.3) is 0 Å². The molecular formula is C11H17Cl2N3O4S. The number of aromatic nitrogens is 2. The first kappa shape index (κ1) is 18.2. The van der Waals surface area contributed by atoms with Crippen molar-refractivity contribution in [2.45, 2.75) is 19.8 Å². The van der Waals surface area contributed by atoms with Crippen LogP contribution in [0.3, 0.4) is 0 Å². The molecule has 0 aliphatic rings. The van der Waals surface area contributed by atoms with Crippen molar-refractivity contribution in [1.82, 2.24) is 13.3 Å². The number of carbonyl (C=O) groups is 1. The first-order chi connectivity index (χ1) is 9.77. The van der Waals surface area contributed by atoms with E-state index in [-0.39, 0.29) is 29.7 Å². The lowest BCUT2D eigenvalue weighted by atomic mass is 10.3. The van der Waals surface area contributed by atoms with Crippen molar-refractivity contribution in [2.75, 3.05) is 26.6 Å². The topological polar surface area (TPSA) is 81.5 Å². The van der Waals surface area contributed by atoms with Gasteiger partial charge in [0.15, 0.2) is 5.15 Å². The van der Waals surface area contributed by atoms with Crippen molar-refractivity contribution in [3.05, 3.63) is 16.7 Å². The number of halogens is 2. The molecule has 21 heavy (non-hydrogen) atoms. The zero-order valence-corrected chi connectivity index (χ0v) is 14.3. The minimum Gasteiger partial charge on any atom is -0.460 e. The maximum absolute atomic E-state index is 12.4. The quantitative estimate of drug-likeness (QED) is 0.546. The fraction of sp³-hybridized carbons (Fsp3) is 0.636. The first-order valence-corrected chi connectivity index (χ1v) is 8.51. The lowest BCUT2D eigenvalue weighted by Gasteiger charge is -2.16. The van der Waals surface area contributed by atoms with Gasteiger partial charge in [0, 0.05) is 20.0 Å². The largest absolute Gasteiger partial charge is 0.460 e. The summed E-state index contributed by atoms with van der Waals surface area (Å²) in [6.07, 6.45) is 0.778. The van der Waals surface area contributed by atoms with Gasteiger partial charge in [-0.05, 0) is 19.8 Å². The van der Waals surface area contributed by atoms with E-state index in [1.807, 2.05) is 0 Å². The predicted molar refractivity (Wildman–Crippen MR) is 80.2 cm³/mol. The van der Waals surface area contributed by atoms with Gasteiger partial charge in [-0.25, -0.2) is 13.8 Å². The maximum Gasteiger partial charge on any atom is 0.375 e. The normalized spacial score (nSPS) is 11.9. The number of nitrogens with zero attached hydrogens (tertiary/aromatic N) is 3. The van der Waals surface area contributed by atoms with E-state index in [1.165, 1.54) is 14.1 Å². The summed E-state index contributed by atoms with van der Waals surface area (Å²) in [5, 5.41) is -0.0476. The van der Waals surface area contributed by atoms with E-state index in [2.05, 4.69) is 4.98 Å². The molecule has 0 fully saturated rings. The molecule has 0 saturated carbocycles. The van der Waals surface area contributed by atoms with Crippen molar-refractivity contribution >= 4 is 39.4 Å². The van der Waals surface area contributed by atoms with E-state index in [4.69, 9.17) is 27.9 Å². The van der Waals surface area contributed by atoms with Crippen molar-refractivity contribution in [1.29, 1.82) is 0 Å². The molecule has 7 nitrogen and oxygen atoms in total. The SMILES string of the molecule is CCOC(=O)c1nc(Cl)c(CCCCl)n1S(=O)(=O)N(C)C. The smallest absolute Gasteiger partial charge is 0.375 e. The van der Waals surface area contributed by atoms with Crippen LogP contribution in [0.15, 0.2) is 0 Å². The van der Waals surface area contributed by atoms with Gasteiger partial charge in [0.1, 0.15) is 0 Å². The molecule has 0 amide bonds. The monoisotopic (exact) mass is 357 g/mol. The Morgan fingerprint density at radius 2 is 2.05 bits per heavy atom. The van der Waals surface area contributed by atoms with E-state index in [0.29, 0.717) is 12.3 Å². The summed E-state index contributed by atoms with van der Waals surface area (Å²) in [5.74, 6) is -0.875. The van der Waals surface area contributed by atoms with Gasteiger partial charge in [-0.1, -0.05) is 11.6 Å². The molecule has 1 rings (SSSR count). The van der Waals surface area contributed by atoms with E-state index in [9.17, 15) is 13.2 Å². The second-order valence-corrected chi connectivity index (χ2v) is 6.97. The van der Waals surface area contributed by atoms with Crippen molar-refractivity contribution in [3.8, 4) is 0 Å². The summed E-state index contributed by atoms with van der Waals surface area (Å²) in [5.41, 5.74) is 0.217. The Kier molecular flexibility index (Phi) is 6.45. The molecule has 0 atom stereocenters. The van der Waals surface area contributed by atoms with Crippen LogP contribution in [0.4, 0.5) is 0 Å². The molecule has 0 N–H and O–H groups in total. The number of rotatable bonds is 7. The van der Waals surface area contributed by atoms with Crippen LogP contribution in [0.5, 0.6) is 0 Å². The highest BCUT2D eigenvalue weighted by atomic mass is 35.5. The molecule has 0 unspecified atom stereocenters. The van der Waals surface area contributed by atoms with Gasteiger partial charge in [0.25, 0.3) is 0 Å². The minimum atomic E-state index is -3.95. The summed E-state index contributed by atoms with van der Waals surface area (Å²) >= 11 is 11.6. The highest BCUT2D eigenvalue weighted by Crippen LogP contribution is 2.23. The molecule has 0 bridgehead atoms. The zero-order chi connectivity index (χ0) is 16.2. The fourth-order valence-corrected chi connectivity index (χ4v) is 3.15. The van der Waals surface area contributed by atoms with Crippen molar-refractivity contribution in [2.24, 2.45) is 0 Å². The highest BCUT2D eigenvalue weighted by molar-refractivity contribution is 7.87. The second-order valence-electron chi connectivity index (χ2n) is 4.24. The average Bonchev–Trinajstić information content (AvgIpc) is 2.74. The Morgan fingerprint density at radius 1 is 1.43 bits per heavy atom. The number of ether oxygens (including phenoxy) is 1. The van der Waals surface area contributed by atoms with Crippen LogP contribution in [-0.2, 0) is 21.4 Å². The Morgan fingerprint density at radius 3 is 2.52 bits per heavy atom. The average molecular weight is 358 g/mol. The van der Waals surface area contributed by atoms with Gasteiger partial charge in [-0.2, -0.15) is 12.7 Å². The van der Waals surface area contributed by atoms with Crippen molar-refractivity contribution in [3.63, 3.8) is 0 Å². The summed E-state index contributed by atoms with van der Waals surface area (Å²) in [6, 6.07) is 0. The molecule has 120 valence electrons. The molecule has 10 heteroatoms. The minimum absolute atomic E-state index is 0.0476. The maximum atomic E-state index is 12.4. The summed E-state index contributed by atoms with van der Waals surface area (Å²) < 4.78 is 31.4. The number of carbonyl (C=O) groups excluding carboxylic acids is 1. The number of esters is 1. The van der Waals surface area contributed by atoms with E-state index >= 15 is 0 Å². The molecule has 0 radical (unpaired) electrons. The summed E-state index contributed by atoms with van der Waals surface area (Å²) in [6.45, 7) is 1.71. The zero-order valence-electron chi connectivity index (χ0n) is 12.0. The molecule has 0 aliphatic carbocycles. The number of imidazole rings is 1. The molecule has 0 spiro atoms. The van der Waals surface area contributed by atoms with E-state index < -0.39 is 16.2 Å². The number of alkyl halides is 1. The third kappa shape index (κ3) is 3.88. The van der Waals surface area contributed by atoms with Gasteiger partial charge in [-0.3, -0.25) is 0 Å². The Bertz CT molecular complexity index is 613. The van der Waals surface area contributed by atoms with E-state index in [1.54, 1.807) is 6.92 Å². The number of hydrogen-bond donors (Lipinski definition) is 0. The third-order valence-electron chi connectivity index (χ3n) is 2.58. The molecule has 1 heterocycles. The fourth-order valence-electron chi connectivity index (χ4n) is 1.59. The predicted octanol–water partition coefficient (Wildman–Crippen LogP) is 1.54. The van der Waals surface area contributed by atoms with Gasteiger partial charge >= 0.3 is 16.2 Å². The molecule has 0 saturated heterocycles. The van der Waals surface area contributed by atoms with E-state index in [0.717, 1.165) is 8.28 Å². The van der Waals surface area contributed by atoms with Gasteiger partial charge < -0.3 is 4.74 Å². The Balaban J connectivity index is 3.49. The first-order valence-electron chi connectivity index (χ1n) is 6.20. The lowest BCUT2D eigenvalue weighted by molar-refractivity contribution is 0.0510. The van der Waals surface area contributed by atoms with Gasteiger partial charge in [-0.15, -0.1) is 11.6 Å². The second kappa shape index (κ2) is 7.44. The van der Waals surface area contributed by atoms with Gasteiger partial charge in [0.05, 0.1) is 12.3 Å². The molecule has 1 aromatic rings. The van der Waals surface area contributed by atoms with Crippen LogP contribution < -0.4 is 0 Å². The van der Waals surface area contributed by atoms with Crippen LogP contribution in [0.1, 0.15) is 29.7 Å². The van der Waals surface area contributed by atoms with Gasteiger partial charge in [0.2, 0.25) is 5.82 Å². The standard InChI is InChI=1S/C11H17Cl2N3O4S/c1-4-20-11(17)10-14-9(13)8(6-5-7-12)16(10)21(18,19)15(2)3/h4-7H2,1-3H3. The summed E-state index contributed by atoms with van der Waals surface area (Å²) in [4.78, 5) is 15.7. The third-order valence-corrected chi connectivity index (χ3v) is 4.92. The van der Waals surface area contributed by atoms with Crippen LogP contribution in [-0.4, -0.2) is 54.2 Å². The molecule has 0 aliphatic heterocycles. The van der Waals surface area contributed by atoms with Crippen LogP contribution >= 0.6 is 23.2 Å². The molecule has 1 aromatic heterocycles. The van der Waals surface area contributed by atoms with Crippen LogP contribution in [0.2, 0.25) is 5.15 Å². The van der Waals surface area contributed by atoms with Crippen molar-refractivity contribution < 1.29 is 17.9 Å². The highest BCUT2D eigenvalue weighted by Gasteiger charge is 2.31. The Hall–Kier alpha value is -0.830. The van der Waals surface area contributed by atoms with Crippen LogP contribution in [0, 0.1) is 0 Å². The summed E-state index contributed by atoms with van der Waals surface area (Å²) in [7, 11) is -1.25. The number of hydrogen-bond acceptors (Lipinski definition) is 5. The molecular weight excluding hydrogens is 341 g/mol. The Labute approximate surface area is 134 Å². The molecule has 0 aromatic carbocycles. The lowest BCUT2D eigenvalue weighted by Crippen LogP contribution is -2.32.